The van der Waals surface area contributed by atoms with Crippen LogP contribution in [-0.2, 0) is 20.2 Å². The van der Waals surface area contributed by atoms with E-state index in [1.807, 2.05) is 23.9 Å². The summed E-state index contributed by atoms with van der Waals surface area (Å²) in [4.78, 5) is 12.1. The molecule has 0 radical (unpaired) electrons. The minimum absolute atomic E-state index is 0.0771. The second-order valence-electron chi connectivity index (χ2n) is 8.64. The third-order valence-electron chi connectivity index (χ3n) is 5.54. The van der Waals surface area contributed by atoms with E-state index in [1.165, 1.54) is 12.1 Å². The summed E-state index contributed by atoms with van der Waals surface area (Å²) < 4.78 is 182. The Balaban J connectivity index is 2.17. The van der Waals surface area contributed by atoms with Crippen LogP contribution in [-0.4, -0.2) is 43.1 Å². The van der Waals surface area contributed by atoms with Gasteiger partial charge in [0.25, 0.3) is 5.91 Å². The predicted octanol–water partition coefficient (Wildman–Crippen LogP) is 8.28. The molecule has 236 valence electrons. The van der Waals surface area contributed by atoms with E-state index in [2.05, 4.69) is 0 Å². The maximum Gasteiger partial charge on any atom is 0.527 e. The third kappa shape index (κ3) is 7.96. The molecule has 1 amide bonds. The Bertz CT molecular complexity index is 1220. The Morgan fingerprint density at radius 2 is 1.33 bits per heavy atom. The van der Waals surface area contributed by atoms with Gasteiger partial charge < -0.3 is 10.1 Å². The van der Waals surface area contributed by atoms with Gasteiger partial charge in [-0.25, -0.2) is 9.47 Å². The van der Waals surface area contributed by atoms with Crippen molar-refractivity contribution in [1.82, 2.24) is 0 Å². The van der Waals surface area contributed by atoms with Crippen molar-refractivity contribution < 1.29 is 76.1 Å². The maximum absolute atomic E-state index is 14.4. The van der Waals surface area contributed by atoms with Gasteiger partial charge in [-0.3, -0.25) is 4.79 Å². The lowest BCUT2D eigenvalue weighted by molar-refractivity contribution is -0.535. The zero-order chi connectivity index (χ0) is 32.4. The fourth-order valence-corrected chi connectivity index (χ4v) is 3.10. The van der Waals surface area contributed by atoms with E-state index in [-0.39, 0.29) is 23.8 Å². The van der Waals surface area contributed by atoms with Crippen molar-refractivity contribution >= 4 is 11.6 Å². The first kappa shape index (κ1) is 34.9. The van der Waals surface area contributed by atoms with Gasteiger partial charge >= 0.3 is 36.5 Å². The molecule has 0 heterocycles. The first-order chi connectivity index (χ1) is 19.0. The van der Waals surface area contributed by atoms with Gasteiger partial charge in [-0.2, -0.15) is 43.9 Å². The van der Waals surface area contributed by atoms with Crippen molar-refractivity contribution in [3.63, 3.8) is 0 Å². The Kier molecular flexibility index (Phi) is 10.1. The summed E-state index contributed by atoms with van der Waals surface area (Å²) in [7, 11) is 0. The molecule has 2 rings (SSSR count). The number of anilines is 1. The van der Waals surface area contributed by atoms with Crippen molar-refractivity contribution in [2.24, 2.45) is 0 Å². The molecule has 1 N–H and O–H groups in total. The summed E-state index contributed by atoms with van der Waals surface area (Å²) in [5, 5.41) is 1.96. The molecule has 0 spiro atoms. The molecule has 2 aromatic carbocycles. The molecule has 0 aromatic heterocycles. The Labute approximate surface area is 228 Å². The van der Waals surface area contributed by atoms with Gasteiger partial charge in [0.15, 0.2) is 6.61 Å². The highest BCUT2D eigenvalue weighted by atomic mass is 19.4. The van der Waals surface area contributed by atoms with E-state index < -0.39 is 60.3 Å². The van der Waals surface area contributed by atoms with Crippen LogP contribution in [0.2, 0.25) is 0 Å². The third-order valence-corrected chi connectivity index (χ3v) is 5.54. The quantitative estimate of drug-likeness (QED) is 0.226. The molecule has 5 nitrogen and oxygen atoms in total. The minimum Gasteiger partial charge on any atom is -0.484 e. The highest BCUT2D eigenvalue weighted by Gasteiger charge is 2.80. The second-order valence-corrected chi connectivity index (χ2v) is 8.64. The van der Waals surface area contributed by atoms with Crippen LogP contribution in [0.3, 0.4) is 0 Å². The topological polar surface area (TPSA) is 56.8 Å². The molecule has 0 saturated heterocycles. The Hall–Kier alpha value is -3.28. The number of alkyl halides is 13. The number of hydrogen-bond donors (Lipinski definition) is 1. The number of rotatable bonds is 13. The number of nitrogens with one attached hydrogen (secondary N) is 1. The first-order valence-corrected chi connectivity index (χ1v) is 11.4. The molecule has 0 aliphatic heterocycles. The molecule has 0 aliphatic rings. The van der Waals surface area contributed by atoms with E-state index in [0.717, 1.165) is 18.1 Å². The van der Waals surface area contributed by atoms with E-state index >= 15 is 0 Å². The summed E-state index contributed by atoms with van der Waals surface area (Å²) in [6.07, 6.45) is -27.1. The number of carbonyl (C=O) groups is 1. The van der Waals surface area contributed by atoms with Crippen LogP contribution in [0, 0.1) is 0 Å². The van der Waals surface area contributed by atoms with E-state index in [0.29, 0.717) is 6.07 Å². The van der Waals surface area contributed by atoms with Crippen molar-refractivity contribution in [2.75, 3.05) is 11.9 Å². The molecular formula is C24H20F13NO4. The SMILES string of the molecule is CC[C@@H](C)c1ccc(OCC(=O)Nc2cccc(C(F)(F)C(F)(F)OC(F)(F)C(F)(F)C(F)(F)OC(F)(F)F)c2)cc1. The van der Waals surface area contributed by atoms with Crippen molar-refractivity contribution in [2.45, 2.75) is 62.7 Å². The smallest absolute Gasteiger partial charge is 0.484 e. The number of benzene rings is 2. The van der Waals surface area contributed by atoms with Gasteiger partial charge in [0.2, 0.25) is 0 Å². The fraction of sp³-hybridized carbons (Fsp3) is 0.458. The van der Waals surface area contributed by atoms with Gasteiger partial charge in [-0.1, -0.05) is 38.1 Å². The summed E-state index contributed by atoms with van der Waals surface area (Å²) in [6, 6.07) is 8.16. The second kappa shape index (κ2) is 12.1. The van der Waals surface area contributed by atoms with E-state index in [4.69, 9.17) is 4.74 Å². The Morgan fingerprint density at radius 1 is 0.786 bits per heavy atom. The molecule has 0 saturated carbocycles. The van der Waals surface area contributed by atoms with Crippen LogP contribution in [0.5, 0.6) is 5.75 Å². The average Bonchev–Trinajstić information content (AvgIpc) is 2.85. The molecule has 18 heteroatoms. The number of halogens is 13. The van der Waals surface area contributed by atoms with Crippen molar-refractivity contribution in [1.29, 1.82) is 0 Å². The molecule has 2 aromatic rings. The molecule has 0 fully saturated rings. The molecule has 0 aliphatic carbocycles. The van der Waals surface area contributed by atoms with Crippen LogP contribution in [0.15, 0.2) is 48.5 Å². The molecule has 0 bridgehead atoms. The van der Waals surface area contributed by atoms with Gasteiger partial charge in [-0.15, -0.1) is 13.2 Å². The minimum atomic E-state index is -7.53. The van der Waals surface area contributed by atoms with Crippen molar-refractivity contribution in [3.8, 4) is 5.75 Å². The van der Waals surface area contributed by atoms with E-state index in [1.54, 1.807) is 16.9 Å². The van der Waals surface area contributed by atoms with Crippen LogP contribution in [0.1, 0.15) is 37.3 Å². The Morgan fingerprint density at radius 3 is 1.86 bits per heavy atom. The lowest BCUT2D eigenvalue weighted by atomic mass is 9.99. The number of carbonyl (C=O) groups excluding carboxylic acids is 1. The summed E-state index contributed by atoms with van der Waals surface area (Å²) in [6.45, 7) is 3.21. The van der Waals surface area contributed by atoms with E-state index in [9.17, 15) is 61.9 Å². The molecular weight excluding hydrogens is 613 g/mol. The first-order valence-electron chi connectivity index (χ1n) is 11.4. The standard InChI is InChI=1S/C24H20F13NO4/c1-3-13(2)14-7-9-17(10-8-14)40-12-18(39)38-16-6-4-5-15(11-16)19(25,26)21(29,30)41-22(31,32)20(27,28)23(33,34)42-24(35,36)37/h4-11,13H,3,12H2,1-2H3,(H,38,39)/t13-/m1/s1. The number of amides is 1. The lowest BCUT2D eigenvalue weighted by Gasteiger charge is -2.35. The zero-order valence-electron chi connectivity index (χ0n) is 21.2. The predicted molar refractivity (Wildman–Crippen MR) is 118 cm³/mol. The zero-order valence-corrected chi connectivity index (χ0v) is 21.2. The van der Waals surface area contributed by atoms with Crippen LogP contribution in [0.4, 0.5) is 62.8 Å². The molecule has 0 unspecified atom stereocenters. The van der Waals surface area contributed by atoms with Gasteiger partial charge in [-0.05, 0) is 42.2 Å². The summed E-state index contributed by atoms with van der Waals surface area (Å²) in [5.41, 5.74) is -1.65. The van der Waals surface area contributed by atoms with Crippen LogP contribution < -0.4 is 10.1 Å². The highest BCUT2D eigenvalue weighted by Crippen LogP contribution is 2.54. The van der Waals surface area contributed by atoms with Gasteiger partial charge in [0.05, 0.1) is 0 Å². The highest BCUT2D eigenvalue weighted by molar-refractivity contribution is 5.92. The average molecular weight is 633 g/mol. The largest absolute Gasteiger partial charge is 0.527 e. The van der Waals surface area contributed by atoms with Crippen molar-refractivity contribution in [3.05, 3.63) is 59.7 Å². The van der Waals surface area contributed by atoms with Gasteiger partial charge in [0.1, 0.15) is 5.75 Å². The monoisotopic (exact) mass is 633 g/mol. The van der Waals surface area contributed by atoms with Gasteiger partial charge in [0, 0.05) is 11.3 Å². The molecule has 42 heavy (non-hydrogen) atoms. The maximum atomic E-state index is 14.4. The summed E-state index contributed by atoms with van der Waals surface area (Å²) in [5.74, 6) is -14.1. The number of hydrogen-bond acceptors (Lipinski definition) is 4. The summed E-state index contributed by atoms with van der Waals surface area (Å²) >= 11 is 0. The lowest BCUT2D eigenvalue weighted by Crippen LogP contribution is -2.61. The van der Waals surface area contributed by atoms with Crippen LogP contribution >= 0.6 is 0 Å². The fourth-order valence-electron chi connectivity index (χ4n) is 3.10. The number of ether oxygens (including phenoxy) is 3. The normalized spacial score (nSPS) is 14.5. The molecule has 1 atom stereocenters. The van der Waals surface area contributed by atoms with Crippen LogP contribution in [0.25, 0.3) is 0 Å².